The average Bonchev–Trinajstić information content (AvgIpc) is 2.28. The second kappa shape index (κ2) is 6.82. The van der Waals surface area contributed by atoms with Gasteiger partial charge < -0.3 is 5.32 Å². The Hall–Kier alpha value is -0.660. The van der Waals surface area contributed by atoms with Crippen LogP contribution >= 0.6 is 27.7 Å². The summed E-state index contributed by atoms with van der Waals surface area (Å²) in [6.45, 7) is 4.28. The van der Waals surface area contributed by atoms with E-state index in [4.69, 9.17) is 5.26 Å². The summed E-state index contributed by atoms with van der Waals surface area (Å²) < 4.78 is 0.935. The van der Waals surface area contributed by atoms with E-state index in [1.807, 2.05) is 30.0 Å². The van der Waals surface area contributed by atoms with Crippen molar-refractivity contribution in [1.82, 2.24) is 0 Å². The number of thioether (sulfide) groups is 1. The molecular formula is C12H15BrN2S. The summed E-state index contributed by atoms with van der Waals surface area (Å²) in [5, 5.41) is 12.4. The van der Waals surface area contributed by atoms with Gasteiger partial charge in [-0.05, 0) is 30.9 Å². The number of hydrogen-bond acceptors (Lipinski definition) is 3. The predicted octanol–water partition coefficient (Wildman–Crippen LogP) is 3.87. The van der Waals surface area contributed by atoms with Gasteiger partial charge in [-0.1, -0.05) is 22.9 Å². The number of benzene rings is 1. The van der Waals surface area contributed by atoms with Gasteiger partial charge in [-0.3, -0.25) is 0 Å². The SMILES string of the molecule is CCSCC(C)Nc1ccc(Br)cc1C#N. The van der Waals surface area contributed by atoms with Crippen molar-refractivity contribution in [3.63, 3.8) is 0 Å². The zero-order valence-electron chi connectivity index (χ0n) is 9.46. The van der Waals surface area contributed by atoms with Crippen LogP contribution in [0.15, 0.2) is 22.7 Å². The van der Waals surface area contributed by atoms with Crippen LogP contribution in [-0.2, 0) is 0 Å². The molecule has 1 aromatic rings. The summed E-state index contributed by atoms with van der Waals surface area (Å²) in [7, 11) is 0. The molecule has 0 fully saturated rings. The lowest BCUT2D eigenvalue weighted by atomic mass is 10.2. The summed E-state index contributed by atoms with van der Waals surface area (Å²) in [6.07, 6.45) is 0. The van der Waals surface area contributed by atoms with Crippen LogP contribution in [0.25, 0.3) is 0 Å². The molecule has 1 unspecified atom stereocenters. The Morgan fingerprint density at radius 1 is 1.56 bits per heavy atom. The maximum Gasteiger partial charge on any atom is 0.101 e. The van der Waals surface area contributed by atoms with Crippen molar-refractivity contribution in [3.8, 4) is 6.07 Å². The van der Waals surface area contributed by atoms with Gasteiger partial charge in [0, 0.05) is 16.3 Å². The number of rotatable bonds is 5. The van der Waals surface area contributed by atoms with Crippen LogP contribution in [0.5, 0.6) is 0 Å². The predicted molar refractivity (Wildman–Crippen MR) is 74.9 cm³/mol. The lowest BCUT2D eigenvalue weighted by Crippen LogP contribution is -2.18. The molecule has 0 aliphatic heterocycles. The Balaban J connectivity index is 2.70. The molecular weight excluding hydrogens is 284 g/mol. The highest BCUT2D eigenvalue weighted by Gasteiger charge is 2.06. The Labute approximate surface area is 110 Å². The lowest BCUT2D eigenvalue weighted by molar-refractivity contribution is 0.912. The van der Waals surface area contributed by atoms with Gasteiger partial charge in [0.2, 0.25) is 0 Å². The third kappa shape index (κ3) is 4.07. The molecule has 86 valence electrons. The Kier molecular flexibility index (Phi) is 5.72. The molecule has 0 saturated heterocycles. The highest BCUT2D eigenvalue weighted by Crippen LogP contribution is 2.21. The van der Waals surface area contributed by atoms with Gasteiger partial charge in [0.05, 0.1) is 11.3 Å². The molecule has 1 aromatic carbocycles. The van der Waals surface area contributed by atoms with E-state index in [0.717, 1.165) is 21.7 Å². The molecule has 0 spiro atoms. The Morgan fingerprint density at radius 3 is 2.94 bits per heavy atom. The van der Waals surface area contributed by atoms with Gasteiger partial charge in [0.1, 0.15) is 6.07 Å². The third-order valence-corrected chi connectivity index (χ3v) is 3.71. The molecule has 0 amide bonds. The van der Waals surface area contributed by atoms with E-state index >= 15 is 0 Å². The average molecular weight is 299 g/mol. The van der Waals surface area contributed by atoms with E-state index < -0.39 is 0 Å². The molecule has 0 aromatic heterocycles. The molecule has 2 nitrogen and oxygen atoms in total. The van der Waals surface area contributed by atoms with Gasteiger partial charge in [0.25, 0.3) is 0 Å². The molecule has 1 atom stereocenters. The third-order valence-electron chi connectivity index (χ3n) is 2.08. The Bertz CT molecular complexity index is 387. The largest absolute Gasteiger partial charge is 0.381 e. The van der Waals surface area contributed by atoms with E-state index in [1.54, 1.807) is 0 Å². The normalized spacial score (nSPS) is 11.9. The van der Waals surface area contributed by atoms with E-state index in [-0.39, 0.29) is 0 Å². The first-order chi connectivity index (χ1) is 7.67. The van der Waals surface area contributed by atoms with Crippen LogP contribution in [0.3, 0.4) is 0 Å². The van der Waals surface area contributed by atoms with Crippen molar-refractivity contribution in [3.05, 3.63) is 28.2 Å². The summed E-state index contributed by atoms with van der Waals surface area (Å²) in [4.78, 5) is 0. The first-order valence-electron chi connectivity index (χ1n) is 5.21. The van der Waals surface area contributed by atoms with Gasteiger partial charge in [-0.15, -0.1) is 0 Å². The van der Waals surface area contributed by atoms with Gasteiger partial charge in [-0.25, -0.2) is 0 Å². The van der Waals surface area contributed by atoms with Crippen LogP contribution in [0.2, 0.25) is 0 Å². The number of halogens is 1. The number of nitriles is 1. The van der Waals surface area contributed by atoms with E-state index in [2.05, 4.69) is 41.2 Å². The van der Waals surface area contributed by atoms with E-state index in [1.165, 1.54) is 0 Å². The van der Waals surface area contributed by atoms with Crippen molar-refractivity contribution in [2.75, 3.05) is 16.8 Å². The summed E-state index contributed by atoms with van der Waals surface area (Å²) in [5.41, 5.74) is 1.60. The van der Waals surface area contributed by atoms with Crippen molar-refractivity contribution in [1.29, 1.82) is 5.26 Å². The molecule has 0 heterocycles. The fourth-order valence-electron chi connectivity index (χ4n) is 1.34. The van der Waals surface area contributed by atoms with Crippen LogP contribution < -0.4 is 5.32 Å². The Morgan fingerprint density at radius 2 is 2.31 bits per heavy atom. The number of anilines is 1. The summed E-state index contributed by atoms with van der Waals surface area (Å²) in [6, 6.07) is 8.29. The van der Waals surface area contributed by atoms with E-state index in [9.17, 15) is 0 Å². The number of nitrogens with zero attached hydrogens (tertiary/aromatic N) is 1. The van der Waals surface area contributed by atoms with Crippen LogP contribution in [0, 0.1) is 11.3 Å². The molecule has 1 N–H and O–H groups in total. The van der Waals surface area contributed by atoms with Gasteiger partial charge in [-0.2, -0.15) is 17.0 Å². The van der Waals surface area contributed by atoms with Gasteiger partial charge in [0.15, 0.2) is 0 Å². The first kappa shape index (κ1) is 13.4. The second-order valence-electron chi connectivity index (χ2n) is 3.51. The monoisotopic (exact) mass is 298 g/mol. The molecule has 0 saturated carbocycles. The second-order valence-corrected chi connectivity index (χ2v) is 5.74. The quantitative estimate of drug-likeness (QED) is 0.896. The molecule has 0 bridgehead atoms. The standard InChI is InChI=1S/C12H15BrN2S/c1-3-16-8-9(2)15-12-5-4-11(13)6-10(12)7-14/h4-6,9,15H,3,8H2,1-2H3. The molecule has 4 heteroatoms. The molecule has 0 aliphatic rings. The van der Waals surface area contributed by atoms with Crippen LogP contribution in [0.1, 0.15) is 19.4 Å². The topological polar surface area (TPSA) is 35.8 Å². The maximum absolute atomic E-state index is 9.02. The fourth-order valence-corrected chi connectivity index (χ4v) is 2.37. The van der Waals surface area contributed by atoms with Crippen molar-refractivity contribution in [2.24, 2.45) is 0 Å². The highest BCUT2D eigenvalue weighted by atomic mass is 79.9. The minimum atomic E-state index is 0.373. The number of nitrogens with one attached hydrogen (secondary N) is 1. The highest BCUT2D eigenvalue weighted by molar-refractivity contribution is 9.10. The fraction of sp³-hybridized carbons (Fsp3) is 0.417. The van der Waals surface area contributed by atoms with Crippen LogP contribution in [-0.4, -0.2) is 17.5 Å². The zero-order valence-corrected chi connectivity index (χ0v) is 11.9. The van der Waals surface area contributed by atoms with Crippen molar-refractivity contribution < 1.29 is 0 Å². The molecule has 0 radical (unpaired) electrons. The van der Waals surface area contributed by atoms with Crippen molar-refractivity contribution >= 4 is 33.4 Å². The maximum atomic E-state index is 9.02. The summed E-state index contributed by atoms with van der Waals surface area (Å²) >= 11 is 5.26. The first-order valence-corrected chi connectivity index (χ1v) is 7.16. The molecule has 0 aliphatic carbocycles. The molecule has 16 heavy (non-hydrogen) atoms. The molecule has 1 rings (SSSR count). The number of hydrogen-bond donors (Lipinski definition) is 1. The minimum Gasteiger partial charge on any atom is -0.381 e. The van der Waals surface area contributed by atoms with Crippen molar-refractivity contribution in [2.45, 2.75) is 19.9 Å². The van der Waals surface area contributed by atoms with E-state index in [0.29, 0.717) is 11.6 Å². The van der Waals surface area contributed by atoms with Crippen LogP contribution in [0.4, 0.5) is 5.69 Å². The minimum absolute atomic E-state index is 0.373. The summed E-state index contributed by atoms with van der Waals surface area (Å²) in [5.74, 6) is 2.18. The zero-order chi connectivity index (χ0) is 12.0. The smallest absolute Gasteiger partial charge is 0.101 e. The lowest BCUT2D eigenvalue weighted by Gasteiger charge is -2.15. The van der Waals surface area contributed by atoms with Gasteiger partial charge >= 0.3 is 0 Å².